The third-order valence-corrected chi connectivity index (χ3v) is 7.94. The number of thioether (sulfide) groups is 1. The van der Waals surface area contributed by atoms with Crippen molar-refractivity contribution < 1.29 is 9.59 Å². The Bertz CT molecular complexity index is 1160. The molecular formula is C18H19N5O3S3. The number of nitrogens with one attached hydrogen (secondary N) is 1. The number of fused-ring (bicyclic) bond motifs is 1. The fourth-order valence-corrected chi connectivity index (χ4v) is 5.95. The molecule has 0 aromatic carbocycles. The molecule has 1 fully saturated rings. The summed E-state index contributed by atoms with van der Waals surface area (Å²) in [7, 11) is 0. The summed E-state index contributed by atoms with van der Waals surface area (Å²) in [6.07, 6.45) is 2.44. The van der Waals surface area contributed by atoms with Gasteiger partial charge in [0.15, 0.2) is 10.1 Å². The van der Waals surface area contributed by atoms with Crippen LogP contribution in [0.5, 0.6) is 0 Å². The van der Waals surface area contributed by atoms with Gasteiger partial charge in [-0.05, 0) is 32.3 Å². The van der Waals surface area contributed by atoms with Gasteiger partial charge in [0.1, 0.15) is 10.7 Å². The molecule has 8 nitrogen and oxygen atoms in total. The topological polar surface area (TPSA) is 109 Å². The van der Waals surface area contributed by atoms with Crippen LogP contribution in [-0.4, -0.2) is 37.9 Å². The van der Waals surface area contributed by atoms with Crippen molar-refractivity contribution in [3.8, 4) is 0 Å². The van der Waals surface area contributed by atoms with Gasteiger partial charge >= 0.3 is 0 Å². The fraction of sp³-hybridized carbons (Fsp3) is 0.444. The number of anilines is 1. The number of carbonyl (C=O) groups is 2. The zero-order chi connectivity index (χ0) is 20.7. The number of Topliss-reactive ketones (excluding diaryl/α,β-unsaturated/α-hetero) is 1. The van der Waals surface area contributed by atoms with Gasteiger partial charge in [0.2, 0.25) is 11.0 Å². The van der Waals surface area contributed by atoms with Gasteiger partial charge in [-0.3, -0.25) is 19.3 Å². The number of aromatic nitrogens is 4. The summed E-state index contributed by atoms with van der Waals surface area (Å²) in [5.74, 6) is 0.927. The molecule has 1 aliphatic rings. The van der Waals surface area contributed by atoms with E-state index in [1.807, 2.05) is 6.92 Å². The van der Waals surface area contributed by atoms with Crippen molar-refractivity contribution in [3.05, 3.63) is 26.6 Å². The maximum absolute atomic E-state index is 12.5. The van der Waals surface area contributed by atoms with E-state index in [-0.39, 0.29) is 23.3 Å². The minimum absolute atomic E-state index is 0.0611. The van der Waals surface area contributed by atoms with E-state index in [4.69, 9.17) is 0 Å². The van der Waals surface area contributed by atoms with Gasteiger partial charge in [-0.1, -0.05) is 30.0 Å². The van der Waals surface area contributed by atoms with Gasteiger partial charge in [0.05, 0.1) is 16.0 Å². The van der Waals surface area contributed by atoms with Crippen molar-refractivity contribution in [2.75, 3.05) is 4.90 Å². The molecule has 0 atom stereocenters. The van der Waals surface area contributed by atoms with E-state index in [0.29, 0.717) is 48.1 Å². The smallest absolute Gasteiger partial charge is 0.259 e. The first kappa shape index (κ1) is 20.2. The van der Waals surface area contributed by atoms with Crippen molar-refractivity contribution in [1.82, 2.24) is 20.2 Å². The summed E-state index contributed by atoms with van der Waals surface area (Å²) in [5.41, 5.74) is 0.443. The quantitative estimate of drug-likeness (QED) is 0.334. The monoisotopic (exact) mass is 449 g/mol. The minimum atomic E-state index is -0.238. The second-order valence-electron chi connectivity index (χ2n) is 6.79. The standard InChI is InChI=1S/C18H19N5O3S3/c1-4-12(25)23(10-5-6-10)17-21-22-18(29-17)27-7-11-19-15(26)13-8(2)14(9(3)24)28-16(13)20-11/h10H,4-7H2,1-3H3,(H,19,20,26). The van der Waals surface area contributed by atoms with Crippen LogP contribution in [0, 0.1) is 6.92 Å². The predicted molar refractivity (Wildman–Crippen MR) is 115 cm³/mol. The number of aryl methyl sites for hydroxylation is 1. The Morgan fingerprint density at radius 1 is 1.28 bits per heavy atom. The van der Waals surface area contributed by atoms with E-state index >= 15 is 0 Å². The highest BCUT2D eigenvalue weighted by atomic mass is 32.2. The zero-order valence-corrected chi connectivity index (χ0v) is 18.6. The van der Waals surface area contributed by atoms with Gasteiger partial charge in [-0.2, -0.15) is 0 Å². The summed E-state index contributed by atoms with van der Waals surface area (Å²) in [6.45, 7) is 5.10. The Hall–Kier alpha value is -2.11. The first-order chi connectivity index (χ1) is 13.9. The lowest BCUT2D eigenvalue weighted by Crippen LogP contribution is -2.32. The number of rotatable bonds is 7. The maximum Gasteiger partial charge on any atom is 0.259 e. The molecule has 152 valence electrons. The van der Waals surface area contributed by atoms with Crippen LogP contribution in [0.4, 0.5) is 5.13 Å². The molecule has 0 bridgehead atoms. The molecule has 0 saturated heterocycles. The van der Waals surface area contributed by atoms with E-state index < -0.39 is 0 Å². The van der Waals surface area contributed by atoms with Crippen LogP contribution in [0.1, 0.15) is 54.2 Å². The van der Waals surface area contributed by atoms with Gasteiger partial charge in [0.25, 0.3) is 5.56 Å². The van der Waals surface area contributed by atoms with Crippen LogP contribution in [0.3, 0.4) is 0 Å². The fourth-order valence-electron chi connectivity index (χ4n) is 3.05. The lowest BCUT2D eigenvalue weighted by molar-refractivity contribution is -0.118. The van der Waals surface area contributed by atoms with Crippen LogP contribution in [0.15, 0.2) is 9.13 Å². The molecule has 1 saturated carbocycles. The number of H-pyrrole nitrogens is 1. The molecule has 3 aromatic rings. The van der Waals surface area contributed by atoms with Crippen LogP contribution in [0.25, 0.3) is 10.2 Å². The Balaban J connectivity index is 1.53. The number of aromatic amines is 1. The number of ketones is 1. The third kappa shape index (κ3) is 3.99. The van der Waals surface area contributed by atoms with Crippen LogP contribution < -0.4 is 10.5 Å². The van der Waals surface area contributed by atoms with Crippen molar-refractivity contribution in [2.24, 2.45) is 0 Å². The summed E-state index contributed by atoms with van der Waals surface area (Å²) >= 11 is 4.03. The number of nitrogens with zero attached hydrogens (tertiary/aromatic N) is 4. The van der Waals surface area contributed by atoms with Crippen molar-refractivity contribution in [2.45, 2.75) is 56.2 Å². The molecule has 0 spiro atoms. The number of carbonyl (C=O) groups excluding carboxylic acids is 2. The normalized spacial score (nSPS) is 13.8. The molecule has 1 aliphatic carbocycles. The summed E-state index contributed by atoms with van der Waals surface area (Å²) in [6, 6.07) is 0.242. The Morgan fingerprint density at radius 2 is 2.03 bits per heavy atom. The second kappa shape index (κ2) is 7.96. The minimum Gasteiger partial charge on any atom is -0.309 e. The lowest BCUT2D eigenvalue weighted by atomic mass is 10.2. The lowest BCUT2D eigenvalue weighted by Gasteiger charge is -2.17. The van der Waals surface area contributed by atoms with Crippen molar-refractivity contribution >= 4 is 61.5 Å². The first-order valence-electron chi connectivity index (χ1n) is 9.20. The molecule has 29 heavy (non-hydrogen) atoms. The highest BCUT2D eigenvalue weighted by Crippen LogP contribution is 2.36. The predicted octanol–water partition coefficient (Wildman–Crippen LogP) is 3.54. The van der Waals surface area contributed by atoms with Crippen molar-refractivity contribution in [1.29, 1.82) is 0 Å². The van der Waals surface area contributed by atoms with Gasteiger partial charge in [-0.25, -0.2) is 4.98 Å². The van der Waals surface area contributed by atoms with Crippen molar-refractivity contribution in [3.63, 3.8) is 0 Å². The van der Waals surface area contributed by atoms with Crippen LogP contribution in [-0.2, 0) is 10.5 Å². The first-order valence-corrected chi connectivity index (χ1v) is 11.8. The number of amides is 1. The van der Waals surface area contributed by atoms with E-state index in [1.165, 1.54) is 41.4 Å². The van der Waals surface area contributed by atoms with Gasteiger partial charge in [0, 0.05) is 12.5 Å². The Morgan fingerprint density at radius 3 is 2.69 bits per heavy atom. The molecule has 1 N–H and O–H groups in total. The maximum atomic E-state index is 12.5. The van der Waals surface area contributed by atoms with E-state index in [0.717, 1.165) is 12.8 Å². The molecule has 4 rings (SSSR count). The number of thiophene rings is 1. The Labute approximate surface area is 178 Å². The highest BCUT2D eigenvalue weighted by Gasteiger charge is 2.35. The highest BCUT2D eigenvalue weighted by molar-refractivity contribution is 8.00. The largest absolute Gasteiger partial charge is 0.309 e. The number of hydrogen-bond acceptors (Lipinski definition) is 9. The van der Waals surface area contributed by atoms with E-state index in [1.54, 1.807) is 11.8 Å². The summed E-state index contributed by atoms with van der Waals surface area (Å²) in [5, 5.41) is 9.47. The van der Waals surface area contributed by atoms with E-state index in [9.17, 15) is 14.4 Å². The zero-order valence-electron chi connectivity index (χ0n) is 16.1. The number of hydrogen-bond donors (Lipinski definition) is 1. The van der Waals surface area contributed by atoms with E-state index in [2.05, 4.69) is 20.2 Å². The molecule has 3 heterocycles. The SMILES string of the molecule is CCC(=O)N(c1nnc(SCc2nc3sc(C(C)=O)c(C)c3c(=O)[nH]2)s1)C1CC1. The Kier molecular flexibility index (Phi) is 5.54. The summed E-state index contributed by atoms with van der Waals surface area (Å²) in [4.78, 5) is 46.6. The average molecular weight is 450 g/mol. The second-order valence-corrected chi connectivity index (χ2v) is 9.97. The molecule has 11 heteroatoms. The van der Waals surface area contributed by atoms with Crippen LogP contribution >= 0.6 is 34.4 Å². The summed E-state index contributed by atoms with van der Waals surface area (Å²) < 4.78 is 0.712. The van der Waals surface area contributed by atoms with Crippen LogP contribution in [0.2, 0.25) is 0 Å². The third-order valence-electron chi connectivity index (χ3n) is 4.59. The molecule has 3 aromatic heterocycles. The molecule has 0 unspecified atom stereocenters. The molecule has 0 radical (unpaired) electrons. The van der Waals surface area contributed by atoms with Gasteiger partial charge < -0.3 is 4.98 Å². The molecular weight excluding hydrogens is 430 g/mol. The molecule has 1 amide bonds. The van der Waals surface area contributed by atoms with Gasteiger partial charge in [-0.15, -0.1) is 21.5 Å². The average Bonchev–Trinajstić information content (AvgIpc) is 3.29. The molecule has 0 aliphatic heterocycles.